The van der Waals surface area contributed by atoms with Crippen molar-refractivity contribution in [3.63, 3.8) is 0 Å². The topological polar surface area (TPSA) is 390 Å². The van der Waals surface area contributed by atoms with E-state index in [0.717, 1.165) is 24.3 Å². The Kier molecular flexibility index (Phi) is 17.7. The molecule has 0 radical (unpaired) electrons. The first-order valence-corrected chi connectivity index (χ1v) is 23.9. The predicted octanol–water partition coefficient (Wildman–Crippen LogP) is 3.81. The molecule has 8 rings (SSSR count). The summed E-state index contributed by atoms with van der Waals surface area (Å²) >= 11 is 0. The zero-order valence-corrected chi connectivity index (χ0v) is 42.2. The van der Waals surface area contributed by atoms with Crippen molar-refractivity contribution in [1.82, 2.24) is 60.0 Å². The van der Waals surface area contributed by atoms with Gasteiger partial charge in [-0.2, -0.15) is 0 Å². The zero-order valence-electron chi connectivity index (χ0n) is 42.2. The summed E-state index contributed by atoms with van der Waals surface area (Å²) in [7, 11) is 0. The maximum atomic E-state index is 12.7. The Morgan fingerprint density at radius 2 is 0.580 bits per heavy atom. The van der Waals surface area contributed by atoms with Gasteiger partial charge in [-0.05, 0) is 95.1 Å². The molecule has 0 saturated heterocycles. The third kappa shape index (κ3) is 16.3. The molecule has 0 aliphatic rings. The van der Waals surface area contributed by atoms with Crippen LogP contribution < -0.4 is 0 Å². The van der Waals surface area contributed by atoms with Crippen LogP contribution in [-0.4, -0.2) is 125 Å². The predicted molar refractivity (Wildman–Crippen MR) is 277 cm³/mol. The van der Waals surface area contributed by atoms with Gasteiger partial charge in [-0.15, -0.1) is 20.4 Å². The van der Waals surface area contributed by atoms with Crippen LogP contribution in [0.1, 0.15) is 45.0 Å². The molecule has 0 spiro atoms. The van der Waals surface area contributed by atoms with Crippen LogP contribution in [0.2, 0.25) is 0 Å². The Hall–Kier alpha value is -11.3. The summed E-state index contributed by atoms with van der Waals surface area (Å²) in [5.74, 6) is -5.84. The minimum Gasteiger partial charge on any atom is -0.504 e. The fourth-order valence-electron chi connectivity index (χ4n) is 7.61. The van der Waals surface area contributed by atoms with Crippen LogP contribution in [0, 0.1) is 5.41 Å². The molecule has 0 atom stereocenters. The largest absolute Gasteiger partial charge is 0.504 e. The summed E-state index contributed by atoms with van der Waals surface area (Å²) < 4.78 is 27.5. The van der Waals surface area contributed by atoms with E-state index in [-0.39, 0.29) is 121 Å². The average Bonchev–Trinajstić information content (AvgIpc) is 4.37. The van der Waals surface area contributed by atoms with Crippen molar-refractivity contribution < 1.29 is 79.0 Å². The second kappa shape index (κ2) is 25.7. The minimum atomic E-state index is -1.17. The summed E-state index contributed by atoms with van der Waals surface area (Å²) in [5, 5.41) is 112. The summed E-state index contributed by atoms with van der Waals surface area (Å²) in [4.78, 5) is 50.9. The Balaban J connectivity index is 1.04. The Labute approximate surface area is 456 Å². The lowest BCUT2D eigenvalue weighted by molar-refractivity contribution is -0.139. The summed E-state index contributed by atoms with van der Waals surface area (Å²) in [6.45, 7) is -1.36. The number of benzene rings is 4. The maximum Gasteiger partial charge on any atom is 0.331 e. The van der Waals surface area contributed by atoms with Crippen LogP contribution in [0.3, 0.4) is 0 Å². The molecule has 0 saturated carbocycles. The highest BCUT2D eigenvalue weighted by Crippen LogP contribution is 2.31. The quantitative estimate of drug-likeness (QED) is 0.0184. The fourth-order valence-corrected chi connectivity index (χ4v) is 7.61. The standard InChI is InChI=1S/C53H48N12O16/c66-41-9-1-33(17-45(41)70)5-13-49(74)78-25-37-21-62(58-54-37)29-53(30-63-22-38(55-59-63)26-79-50(75)14-6-34-2-10-42(67)46(71)18-34,31-64-23-39(56-60-64)27-80-51(76)15-7-35-3-11-43(68)47(72)19-35)32-65-24-40(57-61-65)28-81-52(77)16-8-36-4-12-44(69)48(73)20-36/h1-24,66-73H,25-32H2/b13-5+,14-6+,15-7+,16-8+. The van der Waals surface area contributed by atoms with E-state index in [1.54, 1.807) is 0 Å². The molecule has 81 heavy (non-hydrogen) atoms. The van der Waals surface area contributed by atoms with Crippen molar-refractivity contribution in [1.29, 1.82) is 0 Å². The van der Waals surface area contributed by atoms with Gasteiger partial charge in [0.25, 0.3) is 0 Å². The molecule has 0 aliphatic heterocycles. The van der Waals surface area contributed by atoms with Gasteiger partial charge in [-0.1, -0.05) is 45.1 Å². The third-order valence-electron chi connectivity index (χ3n) is 11.4. The zero-order chi connectivity index (χ0) is 57.5. The second-order valence-corrected chi connectivity index (χ2v) is 17.9. The normalized spacial score (nSPS) is 11.8. The van der Waals surface area contributed by atoms with E-state index in [1.165, 1.54) is 141 Å². The van der Waals surface area contributed by atoms with Crippen LogP contribution in [0.25, 0.3) is 24.3 Å². The minimum absolute atomic E-state index is 0.0242. The van der Waals surface area contributed by atoms with Crippen molar-refractivity contribution in [3.8, 4) is 46.0 Å². The van der Waals surface area contributed by atoms with Crippen LogP contribution in [0.15, 0.2) is 122 Å². The van der Waals surface area contributed by atoms with Crippen LogP contribution in [0.5, 0.6) is 46.0 Å². The number of hydrogen-bond acceptors (Lipinski definition) is 24. The SMILES string of the molecule is O=C(/C=C/c1ccc(O)c(O)c1)OCc1cn(CC(Cn2cc(COC(=O)/C=C/c3ccc(O)c(O)c3)nn2)(Cn2cc(COC(=O)/C=C/c3ccc(O)c(O)c3)nn2)Cn2cc(COC(=O)/C=C/c3ccc(O)c(O)c3)nn2)nn1. The number of hydrogen-bond donors (Lipinski definition) is 8. The highest BCUT2D eigenvalue weighted by Gasteiger charge is 2.36. The third-order valence-corrected chi connectivity index (χ3v) is 11.4. The first kappa shape index (κ1) is 55.9. The fraction of sp³-hybridized carbons (Fsp3) is 0.170. The lowest BCUT2D eigenvalue weighted by atomic mass is 9.87. The number of rotatable bonds is 24. The lowest BCUT2D eigenvalue weighted by Crippen LogP contribution is -2.41. The van der Waals surface area contributed by atoms with Gasteiger partial charge in [0.05, 0.1) is 51.0 Å². The lowest BCUT2D eigenvalue weighted by Gasteiger charge is -2.33. The molecule has 0 aliphatic carbocycles. The van der Waals surface area contributed by atoms with Crippen molar-refractivity contribution >= 4 is 48.2 Å². The number of carbonyl (C=O) groups is 4. The molecule has 8 aromatic rings. The molecule has 28 nitrogen and oxygen atoms in total. The Bertz CT molecular complexity index is 3210. The highest BCUT2D eigenvalue weighted by molar-refractivity contribution is 5.89. The molecule has 0 bridgehead atoms. The molecular weight excluding hydrogens is 1060 g/mol. The number of aromatic hydroxyl groups is 8. The van der Waals surface area contributed by atoms with E-state index in [0.29, 0.717) is 22.3 Å². The van der Waals surface area contributed by atoms with E-state index >= 15 is 0 Å². The van der Waals surface area contributed by atoms with Crippen molar-refractivity contribution in [2.24, 2.45) is 5.41 Å². The molecular formula is C53H48N12O16. The van der Waals surface area contributed by atoms with E-state index in [2.05, 4.69) is 41.2 Å². The van der Waals surface area contributed by atoms with Gasteiger partial charge in [-0.25, -0.2) is 19.2 Å². The van der Waals surface area contributed by atoms with Gasteiger partial charge in [-0.3, -0.25) is 18.7 Å². The average molecular weight is 1110 g/mol. The molecule has 4 heterocycles. The van der Waals surface area contributed by atoms with E-state index in [1.807, 2.05) is 0 Å². The highest BCUT2D eigenvalue weighted by atomic mass is 16.5. The molecule has 0 fully saturated rings. The van der Waals surface area contributed by atoms with Crippen LogP contribution >= 0.6 is 0 Å². The molecule has 0 unspecified atom stereocenters. The van der Waals surface area contributed by atoms with Gasteiger partial charge in [0.2, 0.25) is 0 Å². The van der Waals surface area contributed by atoms with Gasteiger partial charge in [0.1, 0.15) is 49.2 Å². The number of phenols is 8. The number of aromatic nitrogens is 12. The molecule has 0 amide bonds. The van der Waals surface area contributed by atoms with Gasteiger partial charge in [0.15, 0.2) is 46.0 Å². The monoisotopic (exact) mass is 1110 g/mol. The van der Waals surface area contributed by atoms with Gasteiger partial charge in [0, 0.05) is 29.7 Å². The number of nitrogens with zero attached hydrogens (tertiary/aromatic N) is 12. The number of phenolic OH excluding ortho intramolecular Hbond substituents is 8. The molecule has 416 valence electrons. The number of ether oxygens (including phenoxy) is 4. The first-order valence-electron chi connectivity index (χ1n) is 23.9. The summed E-state index contributed by atoms with van der Waals surface area (Å²) in [6.07, 6.45) is 16.1. The van der Waals surface area contributed by atoms with E-state index in [4.69, 9.17) is 18.9 Å². The number of esters is 4. The van der Waals surface area contributed by atoms with Gasteiger partial charge >= 0.3 is 23.9 Å². The smallest absolute Gasteiger partial charge is 0.331 e. The van der Waals surface area contributed by atoms with Crippen molar-refractivity contribution in [2.45, 2.75) is 52.6 Å². The summed E-state index contributed by atoms with van der Waals surface area (Å²) in [5.41, 5.74) is 1.42. The van der Waals surface area contributed by atoms with Gasteiger partial charge < -0.3 is 59.8 Å². The van der Waals surface area contributed by atoms with Crippen molar-refractivity contribution in [2.75, 3.05) is 0 Å². The molecule has 28 heteroatoms. The first-order chi connectivity index (χ1) is 38.9. The maximum absolute atomic E-state index is 12.7. The Morgan fingerprint density at radius 3 is 0.790 bits per heavy atom. The van der Waals surface area contributed by atoms with Crippen LogP contribution in [-0.2, 0) is 90.7 Å². The molecule has 8 N–H and O–H groups in total. The number of carbonyl (C=O) groups excluding carboxylic acids is 4. The van der Waals surface area contributed by atoms with E-state index in [9.17, 15) is 60.0 Å². The summed E-state index contributed by atoms with van der Waals surface area (Å²) in [6, 6.07) is 16.0. The van der Waals surface area contributed by atoms with Crippen molar-refractivity contribution in [3.05, 3.63) is 167 Å². The molecule has 4 aromatic carbocycles. The second-order valence-electron chi connectivity index (χ2n) is 17.9. The van der Waals surface area contributed by atoms with Crippen LogP contribution in [0.4, 0.5) is 0 Å². The van der Waals surface area contributed by atoms with E-state index < -0.39 is 29.3 Å². The molecule has 4 aromatic heterocycles. The Morgan fingerprint density at radius 1 is 0.358 bits per heavy atom.